The third-order valence-corrected chi connectivity index (χ3v) is 4.39. The number of hydrogen-bond donors (Lipinski definition) is 0. The van der Waals surface area contributed by atoms with Crippen LogP contribution in [0.5, 0.6) is 0 Å². The molecule has 94 valence electrons. The first-order chi connectivity index (χ1) is 8.75. The van der Waals surface area contributed by atoms with Gasteiger partial charge >= 0.3 is 0 Å². The Morgan fingerprint density at radius 2 is 2.22 bits per heavy atom. The zero-order valence-corrected chi connectivity index (χ0v) is 11.1. The molecule has 1 aliphatic carbocycles. The zero-order chi connectivity index (χ0) is 12.5. The molecule has 2 aromatic rings. The molecule has 0 spiro atoms. The van der Waals surface area contributed by atoms with Crippen molar-refractivity contribution in [1.82, 2.24) is 14.8 Å². The number of nitrogens with zero attached hydrogens (tertiary/aromatic N) is 3. The van der Waals surface area contributed by atoms with Gasteiger partial charge in [0.2, 0.25) is 0 Å². The fraction of sp³-hybridized carbons (Fsp3) is 0.429. The lowest BCUT2D eigenvalue weighted by atomic mass is 9.81. The van der Waals surface area contributed by atoms with E-state index in [1.165, 1.54) is 11.1 Å². The van der Waals surface area contributed by atoms with Crippen LogP contribution in [0.3, 0.4) is 0 Å². The van der Waals surface area contributed by atoms with E-state index in [1.807, 2.05) is 11.7 Å². The first-order valence-electron chi connectivity index (χ1n) is 6.30. The van der Waals surface area contributed by atoms with Crippen molar-refractivity contribution in [2.24, 2.45) is 13.0 Å². The lowest BCUT2D eigenvalue weighted by Gasteiger charge is -2.29. The average molecular weight is 262 g/mol. The molecule has 0 saturated carbocycles. The summed E-state index contributed by atoms with van der Waals surface area (Å²) >= 11 is 6.63. The Morgan fingerprint density at radius 1 is 1.39 bits per heavy atom. The van der Waals surface area contributed by atoms with Crippen molar-refractivity contribution in [3.63, 3.8) is 0 Å². The average Bonchev–Trinajstić information content (AvgIpc) is 2.79. The maximum atomic E-state index is 6.63. The summed E-state index contributed by atoms with van der Waals surface area (Å²) in [5.74, 6) is 1.47. The molecule has 0 saturated heterocycles. The van der Waals surface area contributed by atoms with E-state index in [2.05, 4.69) is 34.3 Å². The molecule has 1 aliphatic rings. The van der Waals surface area contributed by atoms with E-state index in [0.717, 1.165) is 25.1 Å². The fourth-order valence-electron chi connectivity index (χ4n) is 2.72. The number of aryl methyl sites for hydroxylation is 2. The van der Waals surface area contributed by atoms with Crippen LogP contribution in [0.4, 0.5) is 0 Å². The first-order valence-corrected chi connectivity index (χ1v) is 6.74. The van der Waals surface area contributed by atoms with Crippen LogP contribution in [0.1, 0.15) is 28.7 Å². The topological polar surface area (TPSA) is 30.7 Å². The van der Waals surface area contributed by atoms with Crippen LogP contribution in [0.15, 0.2) is 30.6 Å². The molecule has 18 heavy (non-hydrogen) atoms. The minimum Gasteiger partial charge on any atom is -0.253 e. The van der Waals surface area contributed by atoms with Gasteiger partial charge in [-0.25, -0.2) is 4.98 Å². The van der Waals surface area contributed by atoms with Crippen molar-refractivity contribution in [2.45, 2.75) is 24.6 Å². The summed E-state index contributed by atoms with van der Waals surface area (Å²) in [6, 6.07) is 8.49. The minimum atomic E-state index is 0.0895. The maximum Gasteiger partial charge on any atom is 0.138 e. The standard InChI is InChI=1S/C14H16ClN3/c1-18-13(16-9-17-18)8-11-7-6-10-4-2-3-5-12(10)14(11)15/h2-5,9,11,14H,6-8H2,1H3. The second kappa shape index (κ2) is 4.73. The quantitative estimate of drug-likeness (QED) is 0.779. The van der Waals surface area contributed by atoms with Crippen LogP contribution in [0, 0.1) is 5.92 Å². The van der Waals surface area contributed by atoms with Gasteiger partial charge in [0, 0.05) is 13.5 Å². The number of hydrogen-bond acceptors (Lipinski definition) is 2. The molecule has 0 N–H and O–H groups in total. The Hall–Kier alpha value is -1.35. The maximum absolute atomic E-state index is 6.63. The normalized spacial score (nSPS) is 22.8. The summed E-state index contributed by atoms with van der Waals surface area (Å²) in [4.78, 5) is 4.29. The largest absolute Gasteiger partial charge is 0.253 e. The summed E-state index contributed by atoms with van der Waals surface area (Å²) in [5.41, 5.74) is 2.68. The van der Waals surface area contributed by atoms with Gasteiger partial charge in [-0.15, -0.1) is 11.6 Å². The molecule has 2 atom stereocenters. The number of benzene rings is 1. The van der Waals surface area contributed by atoms with E-state index >= 15 is 0 Å². The molecule has 0 bridgehead atoms. The lowest BCUT2D eigenvalue weighted by Crippen LogP contribution is -2.20. The highest BCUT2D eigenvalue weighted by atomic mass is 35.5. The van der Waals surface area contributed by atoms with E-state index < -0.39 is 0 Å². The second-order valence-electron chi connectivity index (χ2n) is 4.90. The molecular weight excluding hydrogens is 246 g/mol. The number of halogens is 1. The summed E-state index contributed by atoms with van der Waals surface area (Å²) in [6.07, 6.45) is 4.74. The van der Waals surface area contributed by atoms with Gasteiger partial charge in [0.1, 0.15) is 12.2 Å². The van der Waals surface area contributed by atoms with E-state index in [4.69, 9.17) is 11.6 Å². The van der Waals surface area contributed by atoms with Gasteiger partial charge in [-0.3, -0.25) is 4.68 Å². The Morgan fingerprint density at radius 3 is 3.00 bits per heavy atom. The molecular formula is C14H16ClN3. The molecule has 1 aromatic heterocycles. The molecule has 3 rings (SSSR count). The number of rotatable bonds is 2. The highest BCUT2D eigenvalue weighted by Crippen LogP contribution is 2.40. The number of aromatic nitrogens is 3. The second-order valence-corrected chi connectivity index (χ2v) is 5.37. The van der Waals surface area contributed by atoms with Crippen LogP contribution in [0.2, 0.25) is 0 Å². The summed E-state index contributed by atoms with van der Waals surface area (Å²) in [5, 5.41) is 4.20. The SMILES string of the molecule is Cn1ncnc1CC1CCc2ccccc2C1Cl. The van der Waals surface area contributed by atoms with Gasteiger partial charge in [-0.2, -0.15) is 5.10 Å². The highest BCUT2D eigenvalue weighted by Gasteiger charge is 2.28. The van der Waals surface area contributed by atoms with Gasteiger partial charge in [0.05, 0.1) is 5.38 Å². The summed E-state index contributed by atoms with van der Waals surface area (Å²) < 4.78 is 1.84. The molecule has 0 amide bonds. The van der Waals surface area contributed by atoms with Crippen molar-refractivity contribution < 1.29 is 0 Å². The fourth-order valence-corrected chi connectivity index (χ4v) is 3.15. The third kappa shape index (κ3) is 2.03. The van der Waals surface area contributed by atoms with Crippen molar-refractivity contribution in [3.05, 3.63) is 47.5 Å². The van der Waals surface area contributed by atoms with Gasteiger partial charge in [0.15, 0.2) is 0 Å². The summed E-state index contributed by atoms with van der Waals surface area (Å²) in [7, 11) is 1.93. The van der Waals surface area contributed by atoms with Crippen LogP contribution < -0.4 is 0 Å². The predicted octanol–water partition coefficient (Wildman–Crippen LogP) is 2.90. The molecule has 0 radical (unpaired) electrons. The molecule has 1 heterocycles. The Balaban J connectivity index is 1.83. The molecule has 2 unspecified atom stereocenters. The van der Waals surface area contributed by atoms with E-state index in [0.29, 0.717) is 5.92 Å². The van der Waals surface area contributed by atoms with E-state index in [9.17, 15) is 0 Å². The van der Waals surface area contributed by atoms with Gasteiger partial charge in [-0.1, -0.05) is 24.3 Å². The van der Waals surface area contributed by atoms with Crippen molar-refractivity contribution >= 4 is 11.6 Å². The third-order valence-electron chi connectivity index (χ3n) is 3.80. The van der Waals surface area contributed by atoms with Crippen LogP contribution in [-0.4, -0.2) is 14.8 Å². The van der Waals surface area contributed by atoms with E-state index in [-0.39, 0.29) is 5.38 Å². The molecule has 1 aromatic carbocycles. The highest BCUT2D eigenvalue weighted by molar-refractivity contribution is 6.21. The van der Waals surface area contributed by atoms with Gasteiger partial charge < -0.3 is 0 Å². The van der Waals surface area contributed by atoms with Crippen molar-refractivity contribution in [3.8, 4) is 0 Å². The first kappa shape index (κ1) is 11.7. The Kier molecular flexibility index (Phi) is 3.08. The Labute approximate surface area is 112 Å². The molecule has 0 aliphatic heterocycles. The number of alkyl halides is 1. The molecule has 0 fully saturated rings. The van der Waals surface area contributed by atoms with Crippen LogP contribution >= 0.6 is 11.6 Å². The van der Waals surface area contributed by atoms with Gasteiger partial charge in [0.25, 0.3) is 0 Å². The smallest absolute Gasteiger partial charge is 0.138 e. The van der Waals surface area contributed by atoms with Gasteiger partial charge in [-0.05, 0) is 29.9 Å². The minimum absolute atomic E-state index is 0.0895. The van der Waals surface area contributed by atoms with Crippen molar-refractivity contribution in [2.75, 3.05) is 0 Å². The molecule has 3 nitrogen and oxygen atoms in total. The van der Waals surface area contributed by atoms with Crippen molar-refractivity contribution in [1.29, 1.82) is 0 Å². The monoisotopic (exact) mass is 261 g/mol. The predicted molar refractivity (Wildman–Crippen MR) is 71.6 cm³/mol. The summed E-state index contributed by atoms with van der Waals surface area (Å²) in [6.45, 7) is 0. The van der Waals surface area contributed by atoms with E-state index in [1.54, 1.807) is 6.33 Å². The zero-order valence-electron chi connectivity index (χ0n) is 10.4. The molecule has 4 heteroatoms. The van der Waals surface area contributed by atoms with Crippen LogP contribution in [-0.2, 0) is 19.9 Å². The lowest BCUT2D eigenvalue weighted by molar-refractivity contribution is 0.425. The number of fused-ring (bicyclic) bond motifs is 1. The Bertz CT molecular complexity index is 549. The van der Waals surface area contributed by atoms with Crippen LogP contribution in [0.25, 0.3) is 0 Å².